The summed E-state index contributed by atoms with van der Waals surface area (Å²) in [5.74, 6) is -1.06. The molecule has 0 aromatic heterocycles. The van der Waals surface area contributed by atoms with E-state index in [1.54, 1.807) is 7.11 Å². The molecule has 0 saturated heterocycles. The molecule has 0 radical (unpaired) electrons. The van der Waals surface area contributed by atoms with E-state index in [9.17, 15) is 8.78 Å². The summed E-state index contributed by atoms with van der Waals surface area (Å²) in [5.41, 5.74) is 0.278. The number of hydrogen-bond acceptors (Lipinski definition) is 2. The van der Waals surface area contributed by atoms with Crippen LogP contribution in [0.3, 0.4) is 0 Å². The van der Waals surface area contributed by atoms with Gasteiger partial charge in [0, 0.05) is 24.8 Å². The molecule has 2 nitrogen and oxygen atoms in total. The zero-order chi connectivity index (χ0) is 13.8. The average molecular weight is 257 g/mol. The van der Waals surface area contributed by atoms with E-state index in [0.717, 1.165) is 12.5 Å². The molecule has 0 saturated carbocycles. The highest BCUT2D eigenvalue weighted by molar-refractivity contribution is 5.21. The van der Waals surface area contributed by atoms with Gasteiger partial charge in [-0.25, -0.2) is 8.78 Å². The topological polar surface area (TPSA) is 21.3 Å². The van der Waals surface area contributed by atoms with Crippen LogP contribution in [0, 0.1) is 11.6 Å². The molecule has 0 aliphatic carbocycles. The lowest BCUT2D eigenvalue weighted by molar-refractivity contribution is 0.0154. The van der Waals surface area contributed by atoms with Crippen LogP contribution in [-0.4, -0.2) is 19.3 Å². The zero-order valence-electron chi connectivity index (χ0n) is 11.4. The maximum Gasteiger partial charge on any atom is 0.130 e. The monoisotopic (exact) mass is 257 g/mol. The molecule has 102 valence electrons. The van der Waals surface area contributed by atoms with E-state index in [-0.39, 0.29) is 11.6 Å². The van der Waals surface area contributed by atoms with Crippen molar-refractivity contribution in [3.05, 3.63) is 35.4 Å². The number of benzene rings is 1. The van der Waals surface area contributed by atoms with Gasteiger partial charge in [0.25, 0.3) is 0 Å². The fourth-order valence-corrected chi connectivity index (χ4v) is 1.65. The second-order valence-corrected chi connectivity index (χ2v) is 5.06. The van der Waals surface area contributed by atoms with Gasteiger partial charge in [-0.1, -0.05) is 6.07 Å². The molecule has 1 aromatic carbocycles. The molecular weight excluding hydrogens is 236 g/mol. The summed E-state index contributed by atoms with van der Waals surface area (Å²) in [6, 6.07) is 3.50. The molecular formula is C14H21F2NO. The van der Waals surface area contributed by atoms with E-state index < -0.39 is 11.6 Å². The summed E-state index contributed by atoms with van der Waals surface area (Å²) in [4.78, 5) is 0. The van der Waals surface area contributed by atoms with Gasteiger partial charge >= 0.3 is 0 Å². The lowest BCUT2D eigenvalue weighted by Gasteiger charge is -2.24. The third-order valence-electron chi connectivity index (χ3n) is 3.16. The Hall–Kier alpha value is -1.00. The fourth-order valence-electron chi connectivity index (χ4n) is 1.65. The van der Waals surface area contributed by atoms with Crippen molar-refractivity contribution in [1.29, 1.82) is 0 Å². The Morgan fingerprint density at radius 2 is 2.00 bits per heavy atom. The molecule has 0 spiro atoms. The first-order valence-corrected chi connectivity index (χ1v) is 6.09. The highest BCUT2D eigenvalue weighted by Crippen LogP contribution is 2.18. The molecule has 4 heteroatoms. The Morgan fingerprint density at radius 1 is 1.33 bits per heavy atom. The molecule has 1 N–H and O–H groups in total. The van der Waals surface area contributed by atoms with Crippen LogP contribution in [-0.2, 0) is 4.74 Å². The predicted octanol–water partition coefficient (Wildman–Crippen LogP) is 3.43. The normalized spacial score (nSPS) is 13.7. The first-order valence-electron chi connectivity index (χ1n) is 6.09. The highest BCUT2D eigenvalue weighted by Gasteiger charge is 2.17. The van der Waals surface area contributed by atoms with Crippen LogP contribution in [0.15, 0.2) is 18.2 Å². The number of methoxy groups -OCH3 is 1. The predicted molar refractivity (Wildman–Crippen MR) is 68.5 cm³/mol. The Kier molecular flexibility index (Phi) is 5.23. The quantitative estimate of drug-likeness (QED) is 0.843. The van der Waals surface area contributed by atoms with E-state index in [1.807, 2.05) is 20.8 Å². The summed E-state index contributed by atoms with van der Waals surface area (Å²) in [5, 5.41) is 3.21. The van der Waals surface area contributed by atoms with Crippen LogP contribution in [0.2, 0.25) is 0 Å². The third-order valence-corrected chi connectivity index (χ3v) is 3.16. The van der Waals surface area contributed by atoms with Crippen LogP contribution in [0.1, 0.15) is 38.8 Å². The lowest BCUT2D eigenvalue weighted by Crippen LogP contribution is -2.30. The number of nitrogens with one attached hydrogen (secondary N) is 1. The van der Waals surface area contributed by atoms with Gasteiger partial charge in [0.05, 0.1) is 5.60 Å². The van der Waals surface area contributed by atoms with Gasteiger partial charge in [0.1, 0.15) is 11.6 Å². The van der Waals surface area contributed by atoms with Crippen molar-refractivity contribution in [2.75, 3.05) is 13.7 Å². The van der Waals surface area contributed by atoms with Crippen LogP contribution in [0.5, 0.6) is 0 Å². The van der Waals surface area contributed by atoms with Crippen LogP contribution >= 0.6 is 0 Å². The highest BCUT2D eigenvalue weighted by atomic mass is 19.1. The van der Waals surface area contributed by atoms with Crippen LogP contribution in [0.4, 0.5) is 8.78 Å². The molecule has 0 amide bonds. The van der Waals surface area contributed by atoms with Crippen molar-refractivity contribution in [3.63, 3.8) is 0 Å². The summed E-state index contributed by atoms with van der Waals surface area (Å²) < 4.78 is 31.6. The summed E-state index contributed by atoms with van der Waals surface area (Å²) in [6.45, 7) is 6.56. The molecule has 18 heavy (non-hydrogen) atoms. The van der Waals surface area contributed by atoms with E-state index >= 15 is 0 Å². The molecule has 1 unspecified atom stereocenters. The number of rotatable bonds is 6. The average Bonchev–Trinajstić information content (AvgIpc) is 2.28. The molecule has 0 fully saturated rings. The van der Waals surface area contributed by atoms with Crippen LogP contribution in [0.25, 0.3) is 0 Å². The van der Waals surface area contributed by atoms with Crippen molar-refractivity contribution in [1.82, 2.24) is 5.32 Å². The van der Waals surface area contributed by atoms with Crippen molar-refractivity contribution in [3.8, 4) is 0 Å². The second kappa shape index (κ2) is 6.25. The third kappa shape index (κ3) is 4.35. The molecule has 0 heterocycles. The van der Waals surface area contributed by atoms with E-state index in [2.05, 4.69) is 5.32 Å². The number of ether oxygens (including phenoxy) is 1. The van der Waals surface area contributed by atoms with Crippen molar-refractivity contribution < 1.29 is 13.5 Å². The zero-order valence-corrected chi connectivity index (χ0v) is 11.4. The maximum absolute atomic E-state index is 13.5. The van der Waals surface area contributed by atoms with E-state index in [0.29, 0.717) is 12.1 Å². The van der Waals surface area contributed by atoms with Gasteiger partial charge in [0.15, 0.2) is 0 Å². The maximum atomic E-state index is 13.5. The fraction of sp³-hybridized carbons (Fsp3) is 0.571. The minimum absolute atomic E-state index is 0.154. The lowest BCUT2D eigenvalue weighted by atomic mass is 10.0. The summed E-state index contributed by atoms with van der Waals surface area (Å²) >= 11 is 0. The van der Waals surface area contributed by atoms with Gasteiger partial charge in [-0.05, 0) is 39.8 Å². The van der Waals surface area contributed by atoms with Gasteiger partial charge in [-0.3, -0.25) is 0 Å². The Bertz CT molecular complexity index is 393. The molecule has 1 rings (SSSR count). The van der Waals surface area contributed by atoms with Crippen LogP contribution < -0.4 is 5.32 Å². The second-order valence-electron chi connectivity index (χ2n) is 5.06. The smallest absolute Gasteiger partial charge is 0.130 e. The van der Waals surface area contributed by atoms with Crippen molar-refractivity contribution >= 4 is 0 Å². The molecule has 0 bridgehead atoms. The first kappa shape index (κ1) is 15.1. The van der Waals surface area contributed by atoms with Gasteiger partial charge in [-0.2, -0.15) is 0 Å². The van der Waals surface area contributed by atoms with Crippen molar-refractivity contribution in [2.24, 2.45) is 0 Å². The van der Waals surface area contributed by atoms with Gasteiger partial charge in [0.2, 0.25) is 0 Å². The Labute approximate surface area is 107 Å². The summed E-state index contributed by atoms with van der Waals surface area (Å²) in [6.07, 6.45) is 0.816. The number of hydrogen-bond donors (Lipinski definition) is 1. The van der Waals surface area contributed by atoms with E-state index in [1.165, 1.54) is 12.1 Å². The number of halogens is 2. The first-order chi connectivity index (χ1) is 8.35. The SMILES string of the molecule is COC(C)(C)CCNC(C)c1ccc(F)cc1F. The molecule has 1 aromatic rings. The molecule has 1 atom stereocenters. The minimum atomic E-state index is -0.552. The Balaban J connectivity index is 2.53. The Morgan fingerprint density at radius 3 is 2.56 bits per heavy atom. The standard InChI is InChI=1S/C14H21F2NO/c1-10(17-8-7-14(2,3)18-4)12-6-5-11(15)9-13(12)16/h5-6,9-10,17H,7-8H2,1-4H3. The minimum Gasteiger partial charge on any atom is -0.379 e. The molecule has 0 aliphatic heterocycles. The molecule has 0 aliphatic rings. The van der Waals surface area contributed by atoms with Crippen molar-refractivity contribution in [2.45, 2.75) is 38.8 Å². The van der Waals surface area contributed by atoms with Gasteiger partial charge in [-0.15, -0.1) is 0 Å². The summed E-state index contributed by atoms with van der Waals surface area (Å²) in [7, 11) is 1.67. The largest absolute Gasteiger partial charge is 0.379 e. The van der Waals surface area contributed by atoms with E-state index in [4.69, 9.17) is 4.74 Å². The van der Waals surface area contributed by atoms with Gasteiger partial charge < -0.3 is 10.1 Å².